The van der Waals surface area contributed by atoms with E-state index in [4.69, 9.17) is 0 Å². The van der Waals surface area contributed by atoms with E-state index in [9.17, 15) is 4.79 Å². The van der Waals surface area contributed by atoms with E-state index < -0.39 is 0 Å². The van der Waals surface area contributed by atoms with Gasteiger partial charge < -0.3 is 4.90 Å². The maximum atomic E-state index is 13.0. The Balaban J connectivity index is 2.05. The summed E-state index contributed by atoms with van der Waals surface area (Å²) >= 11 is 1.56. The minimum absolute atomic E-state index is 0.00648. The summed E-state index contributed by atoms with van der Waals surface area (Å²) in [6.45, 7) is 5.97. The second-order valence-corrected chi connectivity index (χ2v) is 6.75. The maximum absolute atomic E-state index is 13.0. The van der Waals surface area contributed by atoms with Gasteiger partial charge in [0.2, 0.25) is 0 Å². The number of thiazole rings is 1. The highest BCUT2D eigenvalue weighted by atomic mass is 32.1. The number of aromatic nitrogens is 2. The van der Waals surface area contributed by atoms with Crippen LogP contribution in [0.15, 0.2) is 36.0 Å². The number of nitrogens with zero attached hydrogens (tertiary/aromatic N) is 3. The predicted octanol–water partition coefficient (Wildman–Crippen LogP) is 4.14. The van der Waals surface area contributed by atoms with Crippen molar-refractivity contribution in [2.45, 2.75) is 26.8 Å². The smallest absolute Gasteiger partial charge is 0.254 e. The number of carbonyl (C=O) groups is 1. The highest BCUT2D eigenvalue weighted by Crippen LogP contribution is 2.26. The van der Waals surface area contributed by atoms with Gasteiger partial charge in [-0.3, -0.25) is 14.8 Å². The van der Waals surface area contributed by atoms with Gasteiger partial charge in [-0.2, -0.15) is 0 Å². The van der Waals surface area contributed by atoms with Gasteiger partial charge in [0.15, 0.2) is 0 Å². The summed E-state index contributed by atoms with van der Waals surface area (Å²) in [6.07, 6.45) is 1.82. The molecule has 0 bridgehead atoms. The van der Waals surface area contributed by atoms with E-state index in [0.717, 1.165) is 27.0 Å². The molecule has 118 valence electrons. The Bertz CT molecular complexity index is 858. The zero-order valence-electron chi connectivity index (χ0n) is 13.7. The van der Waals surface area contributed by atoms with Crippen molar-refractivity contribution >= 4 is 28.1 Å². The van der Waals surface area contributed by atoms with Crippen molar-refractivity contribution < 1.29 is 4.79 Å². The number of amides is 1. The van der Waals surface area contributed by atoms with Crippen LogP contribution in [0.3, 0.4) is 0 Å². The van der Waals surface area contributed by atoms with Gasteiger partial charge in [0.25, 0.3) is 5.91 Å². The highest BCUT2D eigenvalue weighted by molar-refractivity contribution is 7.09. The molecule has 0 radical (unpaired) electrons. The van der Waals surface area contributed by atoms with Crippen molar-refractivity contribution in [2.24, 2.45) is 0 Å². The van der Waals surface area contributed by atoms with Crippen LogP contribution in [-0.4, -0.2) is 27.8 Å². The molecule has 2 heterocycles. The van der Waals surface area contributed by atoms with Gasteiger partial charge in [-0.15, -0.1) is 11.3 Å². The second kappa shape index (κ2) is 6.08. The molecule has 0 saturated heterocycles. The Hall–Kier alpha value is -2.27. The standard InChI is InChI=1S/C18H19N3OS/c1-11-5-6-16-14(7-11)15(8-12(2)20-16)18(22)21(4)13(3)17-9-19-10-23-17/h5-10,13H,1-4H3. The van der Waals surface area contributed by atoms with E-state index in [1.54, 1.807) is 21.7 Å². The Morgan fingerprint density at radius 3 is 2.74 bits per heavy atom. The average Bonchev–Trinajstić information content (AvgIpc) is 3.07. The summed E-state index contributed by atoms with van der Waals surface area (Å²) in [7, 11) is 1.84. The summed E-state index contributed by atoms with van der Waals surface area (Å²) in [5.41, 5.74) is 5.33. The van der Waals surface area contributed by atoms with Gasteiger partial charge in [0.05, 0.1) is 22.6 Å². The molecule has 0 aliphatic rings. The molecule has 4 nitrogen and oxygen atoms in total. The van der Waals surface area contributed by atoms with Crippen LogP contribution in [0.4, 0.5) is 0 Å². The second-order valence-electron chi connectivity index (χ2n) is 5.83. The SMILES string of the molecule is Cc1ccc2nc(C)cc(C(=O)N(C)C(C)c3cncs3)c2c1. The molecule has 0 aliphatic carbocycles. The van der Waals surface area contributed by atoms with Crippen molar-refractivity contribution in [1.82, 2.24) is 14.9 Å². The molecule has 23 heavy (non-hydrogen) atoms. The minimum atomic E-state index is -0.0108. The fraction of sp³-hybridized carbons (Fsp3) is 0.278. The monoisotopic (exact) mass is 325 g/mol. The van der Waals surface area contributed by atoms with Gasteiger partial charge in [-0.1, -0.05) is 11.6 Å². The van der Waals surface area contributed by atoms with Crippen LogP contribution in [0.25, 0.3) is 10.9 Å². The largest absolute Gasteiger partial charge is 0.334 e. The van der Waals surface area contributed by atoms with Gasteiger partial charge in [-0.05, 0) is 39.0 Å². The molecule has 0 N–H and O–H groups in total. The predicted molar refractivity (Wildman–Crippen MR) is 93.8 cm³/mol. The number of pyridine rings is 1. The van der Waals surface area contributed by atoms with Crippen LogP contribution in [-0.2, 0) is 0 Å². The number of hydrogen-bond acceptors (Lipinski definition) is 4. The summed E-state index contributed by atoms with van der Waals surface area (Å²) in [4.78, 5) is 24.5. The lowest BCUT2D eigenvalue weighted by Crippen LogP contribution is -2.29. The molecule has 3 aromatic rings. The summed E-state index contributed by atoms with van der Waals surface area (Å²) in [5.74, 6) is 0.00648. The molecule has 3 rings (SSSR count). The van der Waals surface area contributed by atoms with Gasteiger partial charge in [0, 0.05) is 29.2 Å². The number of hydrogen-bond donors (Lipinski definition) is 0. The molecule has 1 amide bonds. The zero-order chi connectivity index (χ0) is 16.6. The fourth-order valence-corrected chi connectivity index (χ4v) is 3.36. The van der Waals surface area contributed by atoms with Crippen LogP contribution in [0.2, 0.25) is 0 Å². The summed E-state index contributed by atoms with van der Waals surface area (Å²) in [5, 5.41) is 0.906. The van der Waals surface area contributed by atoms with Crippen molar-refractivity contribution in [2.75, 3.05) is 7.05 Å². The molecule has 0 fully saturated rings. The molecule has 0 saturated carbocycles. The van der Waals surface area contributed by atoms with Crippen molar-refractivity contribution in [3.05, 3.63) is 57.7 Å². The minimum Gasteiger partial charge on any atom is -0.334 e. The van der Waals surface area contributed by atoms with Crippen LogP contribution in [0, 0.1) is 13.8 Å². The Labute approximate surface area is 139 Å². The molecule has 2 aromatic heterocycles. The molecule has 5 heteroatoms. The first-order valence-corrected chi connectivity index (χ1v) is 8.39. The Kier molecular flexibility index (Phi) is 4.13. The van der Waals surface area contributed by atoms with Crippen LogP contribution < -0.4 is 0 Å². The number of rotatable bonds is 3. The van der Waals surface area contributed by atoms with Gasteiger partial charge in [-0.25, -0.2) is 0 Å². The molecular weight excluding hydrogens is 306 g/mol. The molecular formula is C18H19N3OS. The van der Waals surface area contributed by atoms with E-state index in [1.165, 1.54) is 0 Å². The molecule has 1 unspecified atom stereocenters. The topological polar surface area (TPSA) is 46.1 Å². The third kappa shape index (κ3) is 2.97. The Morgan fingerprint density at radius 2 is 2.04 bits per heavy atom. The molecule has 0 aliphatic heterocycles. The first kappa shape index (κ1) is 15.6. The number of benzene rings is 1. The quantitative estimate of drug-likeness (QED) is 0.727. The van der Waals surface area contributed by atoms with Crippen molar-refractivity contribution in [3.8, 4) is 0 Å². The van der Waals surface area contributed by atoms with Crippen LogP contribution >= 0.6 is 11.3 Å². The highest BCUT2D eigenvalue weighted by Gasteiger charge is 2.22. The third-order valence-corrected chi connectivity index (χ3v) is 5.03. The van der Waals surface area contributed by atoms with E-state index in [1.807, 2.05) is 58.3 Å². The van der Waals surface area contributed by atoms with E-state index in [2.05, 4.69) is 9.97 Å². The maximum Gasteiger partial charge on any atom is 0.254 e. The summed E-state index contributed by atoms with van der Waals surface area (Å²) in [6, 6.07) is 7.89. The average molecular weight is 325 g/mol. The normalized spacial score (nSPS) is 12.3. The third-order valence-electron chi connectivity index (χ3n) is 4.09. The Morgan fingerprint density at radius 1 is 1.26 bits per heavy atom. The first-order valence-electron chi connectivity index (χ1n) is 7.51. The van der Waals surface area contributed by atoms with Crippen LogP contribution in [0.5, 0.6) is 0 Å². The number of aryl methyl sites for hydroxylation is 2. The van der Waals surface area contributed by atoms with E-state index in [-0.39, 0.29) is 11.9 Å². The van der Waals surface area contributed by atoms with Crippen molar-refractivity contribution in [3.63, 3.8) is 0 Å². The van der Waals surface area contributed by atoms with Gasteiger partial charge >= 0.3 is 0 Å². The molecule has 1 aromatic carbocycles. The van der Waals surface area contributed by atoms with Gasteiger partial charge in [0.1, 0.15) is 0 Å². The van der Waals surface area contributed by atoms with Crippen molar-refractivity contribution in [1.29, 1.82) is 0 Å². The first-order chi connectivity index (χ1) is 11.0. The fourth-order valence-electron chi connectivity index (χ4n) is 2.64. The molecule has 0 spiro atoms. The molecule has 1 atom stereocenters. The van der Waals surface area contributed by atoms with E-state index >= 15 is 0 Å². The summed E-state index contributed by atoms with van der Waals surface area (Å²) < 4.78 is 0. The van der Waals surface area contributed by atoms with Crippen LogP contribution in [0.1, 0.15) is 39.5 Å². The lowest BCUT2D eigenvalue weighted by molar-refractivity contribution is 0.0746. The number of carbonyl (C=O) groups excluding carboxylic acids is 1. The number of fused-ring (bicyclic) bond motifs is 1. The lowest BCUT2D eigenvalue weighted by Gasteiger charge is -2.24. The zero-order valence-corrected chi connectivity index (χ0v) is 14.5. The lowest BCUT2D eigenvalue weighted by atomic mass is 10.0. The van der Waals surface area contributed by atoms with E-state index in [0.29, 0.717) is 5.56 Å².